The van der Waals surface area contributed by atoms with Gasteiger partial charge in [-0.3, -0.25) is 14.3 Å². The summed E-state index contributed by atoms with van der Waals surface area (Å²) in [5, 5.41) is 2.95. The maximum absolute atomic E-state index is 12.5. The normalized spacial score (nSPS) is 12.4. The van der Waals surface area contributed by atoms with Gasteiger partial charge in [-0.25, -0.2) is 8.42 Å². The van der Waals surface area contributed by atoms with Crippen molar-refractivity contribution in [2.45, 2.75) is 51.5 Å². The average Bonchev–Trinajstić information content (AvgIpc) is 2.66. The van der Waals surface area contributed by atoms with Crippen LogP contribution in [0.15, 0.2) is 53.4 Å². The monoisotopic (exact) mass is 416 g/mol. The number of benzene rings is 2. The third-order valence-corrected chi connectivity index (χ3v) is 5.92. The van der Waals surface area contributed by atoms with Gasteiger partial charge >= 0.3 is 0 Å². The first-order valence-corrected chi connectivity index (χ1v) is 11.1. The van der Waals surface area contributed by atoms with E-state index in [1.54, 1.807) is 24.3 Å². The van der Waals surface area contributed by atoms with E-state index in [4.69, 9.17) is 0 Å². The minimum Gasteiger partial charge on any atom is -0.350 e. The molecule has 29 heavy (non-hydrogen) atoms. The van der Waals surface area contributed by atoms with E-state index in [9.17, 15) is 18.0 Å². The van der Waals surface area contributed by atoms with Gasteiger partial charge in [0.05, 0.1) is 4.90 Å². The molecule has 156 valence electrons. The first-order valence-electron chi connectivity index (χ1n) is 9.63. The molecule has 1 unspecified atom stereocenters. The van der Waals surface area contributed by atoms with Crippen LogP contribution in [0.25, 0.3) is 0 Å². The van der Waals surface area contributed by atoms with E-state index >= 15 is 0 Å². The molecule has 0 aliphatic carbocycles. The maximum Gasteiger partial charge on any atom is 0.261 e. The number of carbonyl (C=O) groups is 2. The number of sulfonamides is 1. The number of rotatable bonds is 9. The highest BCUT2D eigenvalue weighted by atomic mass is 32.2. The fraction of sp³-hybridized carbons (Fsp3) is 0.364. The van der Waals surface area contributed by atoms with Gasteiger partial charge in [0.25, 0.3) is 15.9 Å². The van der Waals surface area contributed by atoms with Gasteiger partial charge in [0.1, 0.15) is 0 Å². The van der Waals surface area contributed by atoms with Crippen LogP contribution in [-0.2, 0) is 10.0 Å². The molecule has 0 bridgehead atoms. The number of nitrogens with one attached hydrogen (secondary N) is 2. The van der Waals surface area contributed by atoms with Gasteiger partial charge in [0.2, 0.25) is 0 Å². The Morgan fingerprint density at radius 2 is 1.41 bits per heavy atom. The Bertz CT molecular complexity index is 949. The molecule has 0 fully saturated rings. The van der Waals surface area contributed by atoms with Crippen LogP contribution >= 0.6 is 0 Å². The van der Waals surface area contributed by atoms with Gasteiger partial charge in [0.15, 0.2) is 5.78 Å². The molecule has 0 aliphatic heterocycles. The third kappa shape index (κ3) is 6.71. The van der Waals surface area contributed by atoms with E-state index in [0.717, 1.165) is 12.8 Å². The number of hydrogen-bond donors (Lipinski definition) is 2. The highest BCUT2D eigenvalue weighted by Crippen LogP contribution is 2.18. The van der Waals surface area contributed by atoms with E-state index in [1.165, 1.54) is 31.2 Å². The lowest BCUT2D eigenvalue weighted by atomic mass is 10.0. The Morgan fingerprint density at radius 3 is 1.93 bits per heavy atom. The average molecular weight is 417 g/mol. The lowest BCUT2D eigenvalue weighted by molar-refractivity contribution is 0.0936. The zero-order valence-electron chi connectivity index (χ0n) is 17.2. The molecule has 1 atom stereocenters. The molecule has 0 saturated carbocycles. The number of hydrogen-bond acceptors (Lipinski definition) is 4. The fourth-order valence-electron chi connectivity index (χ4n) is 2.74. The molecule has 1 amide bonds. The second kappa shape index (κ2) is 9.69. The third-order valence-electron chi connectivity index (χ3n) is 4.52. The quantitative estimate of drug-likeness (QED) is 0.598. The summed E-state index contributed by atoms with van der Waals surface area (Å²) in [6, 6.07) is 12.1. The molecule has 2 aromatic carbocycles. The smallest absolute Gasteiger partial charge is 0.261 e. The lowest BCUT2D eigenvalue weighted by Gasteiger charge is -2.15. The minimum absolute atomic E-state index is 0.0586. The summed E-state index contributed by atoms with van der Waals surface area (Å²) in [4.78, 5) is 23.7. The van der Waals surface area contributed by atoms with Crippen molar-refractivity contribution in [2.24, 2.45) is 5.92 Å². The van der Waals surface area contributed by atoms with Crippen molar-refractivity contribution in [3.63, 3.8) is 0 Å². The standard InChI is InChI=1S/C22H28N2O4S/c1-15(2)5-6-16(3)23-22(26)19-7-11-20(12-8-19)24-29(27,28)21-13-9-18(10-14-21)17(4)25/h7-16,24H,5-6H2,1-4H3,(H,23,26). The van der Waals surface area contributed by atoms with E-state index in [1.807, 2.05) is 6.92 Å². The molecular formula is C22H28N2O4S. The molecule has 0 radical (unpaired) electrons. The van der Waals surface area contributed by atoms with Crippen molar-refractivity contribution < 1.29 is 18.0 Å². The Hall–Kier alpha value is -2.67. The van der Waals surface area contributed by atoms with Crippen LogP contribution in [0.1, 0.15) is 61.3 Å². The molecule has 2 rings (SSSR count). The van der Waals surface area contributed by atoms with Crippen molar-refractivity contribution in [3.8, 4) is 0 Å². The summed E-state index contributed by atoms with van der Waals surface area (Å²) in [5.41, 5.74) is 1.27. The zero-order chi connectivity index (χ0) is 21.6. The molecule has 0 aromatic heterocycles. The SMILES string of the molecule is CC(=O)c1ccc(S(=O)(=O)Nc2ccc(C(=O)NC(C)CCC(C)C)cc2)cc1. The summed E-state index contributed by atoms with van der Waals surface area (Å²) in [6.45, 7) is 7.68. The predicted molar refractivity (Wildman–Crippen MR) is 115 cm³/mol. The van der Waals surface area contributed by atoms with E-state index in [2.05, 4.69) is 23.9 Å². The number of carbonyl (C=O) groups excluding carboxylic acids is 2. The highest BCUT2D eigenvalue weighted by Gasteiger charge is 2.15. The molecule has 2 aromatic rings. The first kappa shape index (κ1) is 22.6. The summed E-state index contributed by atoms with van der Waals surface area (Å²) >= 11 is 0. The van der Waals surface area contributed by atoms with Crippen LogP contribution in [-0.4, -0.2) is 26.2 Å². The second-order valence-electron chi connectivity index (χ2n) is 7.61. The summed E-state index contributed by atoms with van der Waals surface area (Å²) in [7, 11) is -3.79. The van der Waals surface area contributed by atoms with Crippen molar-refractivity contribution in [1.29, 1.82) is 0 Å². The summed E-state index contributed by atoms with van der Waals surface area (Å²) in [6.07, 6.45) is 1.94. The number of amides is 1. The van der Waals surface area contributed by atoms with Gasteiger partial charge in [-0.1, -0.05) is 26.0 Å². The van der Waals surface area contributed by atoms with E-state index in [-0.39, 0.29) is 22.6 Å². The largest absolute Gasteiger partial charge is 0.350 e. The molecule has 0 saturated heterocycles. The Morgan fingerprint density at radius 1 is 0.862 bits per heavy atom. The number of ketones is 1. The van der Waals surface area contributed by atoms with Crippen molar-refractivity contribution in [2.75, 3.05) is 4.72 Å². The van der Waals surface area contributed by atoms with Crippen LogP contribution in [0.4, 0.5) is 5.69 Å². The molecule has 0 spiro atoms. The topological polar surface area (TPSA) is 92.3 Å². The van der Waals surface area contributed by atoms with Gasteiger partial charge in [-0.2, -0.15) is 0 Å². The van der Waals surface area contributed by atoms with Gasteiger partial charge in [-0.05, 0) is 69.0 Å². The Kier molecular flexibility index (Phi) is 7.56. The van der Waals surface area contributed by atoms with Crippen LogP contribution in [0.5, 0.6) is 0 Å². The first-order chi connectivity index (χ1) is 13.6. The Balaban J connectivity index is 2.02. The van der Waals surface area contributed by atoms with Crippen molar-refractivity contribution in [1.82, 2.24) is 5.32 Å². The second-order valence-corrected chi connectivity index (χ2v) is 9.29. The number of Topliss-reactive ketones (excluding diaryl/α,β-unsaturated/α-hetero) is 1. The van der Waals surface area contributed by atoms with Crippen LogP contribution < -0.4 is 10.0 Å². The molecule has 2 N–H and O–H groups in total. The van der Waals surface area contributed by atoms with Crippen molar-refractivity contribution in [3.05, 3.63) is 59.7 Å². The molecule has 0 heterocycles. The molecule has 6 nitrogen and oxygen atoms in total. The van der Waals surface area contributed by atoms with Crippen LogP contribution in [0.3, 0.4) is 0 Å². The molecule has 7 heteroatoms. The molecule has 0 aliphatic rings. The number of anilines is 1. The fourth-order valence-corrected chi connectivity index (χ4v) is 3.79. The van der Waals surface area contributed by atoms with Crippen LogP contribution in [0.2, 0.25) is 0 Å². The lowest BCUT2D eigenvalue weighted by Crippen LogP contribution is -2.32. The van der Waals surface area contributed by atoms with Crippen LogP contribution in [0, 0.1) is 5.92 Å². The van der Waals surface area contributed by atoms with Gasteiger partial charge in [-0.15, -0.1) is 0 Å². The molecular weight excluding hydrogens is 388 g/mol. The Labute approximate surface area is 172 Å². The van der Waals surface area contributed by atoms with Gasteiger partial charge in [0, 0.05) is 22.9 Å². The maximum atomic E-state index is 12.5. The zero-order valence-corrected chi connectivity index (χ0v) is 18.0. The summed E-state index contributed by atoms with van der Waals surface area (Å²) < 4.78 is 27.5. The highest BCUT2D eigenvalue weighted by molar-refractivity contribution is 7.92. The van der Waals surface area contributed by atoms with E-state index in [0.29, 0.717) is 22.7 Å². The van der Waals surface area contributed by atoms with E-state index < -0.39 is 10.0 Å². The minimum atomic E-state index is -3.79. The van der Waals surface area contributed by atoms with Gasteiger partial charge < -0.3 is 5.32 Å². The summed E-state index contributed by atoms with van der Waals surface area (Å²) in [5.74, 6) is 0.269. The predicted octanol–water partition coefficient (Wildman–Crippen LogP) is 4.24. The van der Waals surface area contributed by atoms with Crippen molar-refractivity contribution >= 4 is 27.4 Å².